The molecule has 1 saturated heterocycles. The van der Waals surface area contributed by atoms with E-state index >= 15 is 0 Å². The minimum absolute atomic E-state index is 0.0761. The number of hydrogen-bond acceptors (Lipinski definition) is 6. The SMILES string of the molecule is CCOC(=O)c1cc(NC2(C)CCOCC2)ncc1N. The first-order valence-electron chi connectivity index (χ1n) is 6.82. The lowest BCUT2D eigenvalue weighted by Crippen LogP contribution is -2.40. The van der Waals surface area contributed by atoms with E-state index in [1.807, 2.05) is 0 Å². The highest BCUT2D eigenvalue weighted by atomic mass is 16.5. The first-order chi connectivity index (χ1) is 9.54. The fourth-order valence-corrected chi connectivity index (χ4v) is 2.18. The molecular weight excluding hydrogens is 258 g/mol. The van der Waals surface area contributed by atoms with Crippen LogP contribution in [0.3, 0.4) is 0 Å². The van der Waals surface area contributed by atoms with Gasteiger partial charge in [0.2, 0.25) is 0 Å². The summed E-state index contributed by atoms with van der Waals surface area (Å²) in [5.41, 5.74) is 6.37. The standard InChI is InChI=1S/C14H21N3O3/c1-3-20-13(18)10-8-12(16-9-11(10)15)17-14(2)4-6-19-7-5-14/h8-9H,3-7,15H2,1-2H3,(H,16,17). The average Bonchev–Trinajstić information content (AvgIpc) is 2.42. The van der Waals surface area contributed by atoms with Gasteiger partial charge in [-0.15, -0.1) is 0 Å². The maximum Gasteiger partial charge on any atom is 0.340 e. The number of nitrogens with zero attached hydrogens (tertiary/aromatic N) is 1. The van der Waals surface area contributed by atoms with E-state index in [-0.39, 0.29) is 5.54 Å². The Morgan fingerprint density at radius 2 is 2.25 bits per heavy atom. The molecule has 1 aliphatic heterocycles. The number of anilines is 2. The number of aromatic nitrogens is 1. The van der Waals surface area contributed by atoms with Crippen LogP contribution in [-0.4, -0.2) is 36.3 Å². The maximum atomic E-state index is 11.8. The summed E-state index contributed by atoms with van der Waals surface area (Å²) in [5, 5.41) is 3.37. The molecule has 0 radical (unpaired) electrons. The highest BCUT2D eigenvalue weighted by molar-refractivity contribution is 5.95. The van der Waals surface area contributed by atoms with Crippen LogP contribution in [0.2, 0.25) is 0 Å². The van der Waals surface area contributed by atoms with E-state index in [1.165, 1.54) is 6.20 Å². The number of ether oxygens (including phenoxy) is 2. The van der Waals surface area contributed by atoms with E-state index in [4.69, 9.17) is 15.2 Å². The van der Waals surface area contributed by atoms with E-state index in [0.29, 0.717) is 23.7 Å². The predicted molar refractivity (Wildman–Crippen MR) is 76.7 cm³/mol. The Bertz CT molecular complexity index is 485. The molecule has 2 heterocycles. The van der Waals surface area contributed by atoms with E-state index in [1.54, 1.807) is 13.0 Å². The van der Waals surface area contributed by atoms with Gasteiger partial charge in [-0.2, -0.15) is 0 Å². The average molecular weight is 279 g/mol. The predicted octanol–water partition coefficient (Wildman–Crippen LogP) is 1.82. The number of nitrogen functional groups attached to an aromatic ring is 1. The molecule has 0 bridgehead atoms. The van der Waals surface area contributed by atoms with Gasteiger partial charge in [0.1, 0.15) is 5.82 Å². The summed E-state index contributed by atoms with van der Waals surface area (Å²) in [4.78, 5) is 16.0. The van der Waals surface area contributed by atoms with Gasteiger partial charge < -0.3 is 20.5 Å². The van der Waals surface area contributed by atoms with Crippen molar-refractivity contribution in [2.45, 2.75) is 32.2 Å². The molecular formula is C14H21N3O3. The zero-order valence-electron chi connectivity index (χ0n) is 11.9. The van der Waals surface area contributed by atoms with Crippen molar-refractivity contribution in [3.05, 3.63) is 17.8 Å². The molecule has 2 rings (SSSR count). The smallest absolute Gasteiger partial charge is 0.340 e. The fourth-order valence-electron chi connectivity index (χ4n) is 2.18. The number of esters is 1. The minimum atomic E-state index is -0.424. The van der Waals surface area contributed by atoms with Crippen LogP contribution in [0.25, 0.3) is 0 Å². The lowest BCUT2D eigenvalue weighted by molar-refractivity contribution is 0.0527. The number of rotatable bonds is 4. The highest BCUT2D eigenvalue weighted by Crippen LogP contribution is 2.26. The topological polar surface area (TPSA) is 86.5 Å². The van der Waals surface area contributed by atoms with Crippen molar-refractivity contribution in [2.75, 3.05) is 30.9 Å². The van der Waals surface area contributed by atoms with Crippen LogP contribution in [0.4, 0.5) is 11.5 Å². The summed E-state index contributed by atoms with van der Waals surface area (Å²) >= 11 is 0. The Labute approximate surface area is 118 Å². The molecule has 0 saturated carbocycles. The number of carbonyl (C=O) groups is 1. The van der Waals surface area contributed by atoms with Crippen molar-refractivity contribution in [2.24, 2.45) is 0 Å². The van der Waals surface area contributed by atoms with Gasteiger partial charge in [-0.05, 0) is 32.8 Å². The molecule has 0 unspecified atom stereocenters. The van der Waals surface area contributed by atoms with Gasteiger partial charge in [0.25, 0.3) is 0 Å². The van der Waals surface area contributed by atoms with Gasteiger partial charge in [0.05, 0.1) is 24.1 Å². The molecule has 1 aromatic rings. The summed E-state index contributed by atoms with van der Waals surface area (Å²) in [7, 11) is 0. The van der Waals surface area contributed by atoms with Crippen LogP contribution in [-0.2, 0) is 9.47 Å². The summed E-state index contributed by atoms with van der Waals surface area (Å²) in [6.45, 7) is 5.65. The van der Waals surface area contributed by atoms with Gasteiger partial charge >= 0.3 is 5.97 Å². The summed E-state index contributed by atoms with van der Waals surface area (Å²) in [5.74, 6) is 0.208. The number of nitrogens with two attached hydrogens (primary N) is 1. The normalized spacial score (nSPS) is 17.5. The summed E-state index contributed by atoms with van der Waals surface area (Å²) in [6, 6.07) is 1.65. The van der Waals surface area contributed by atoms with Gasteiger partial charge in [-0.3, -0.25) is 0 Å². The van der Waals surface area contributed by atoms with Gasteiger partial charge in [-0.25, -0.2) is 9.78 Å². The van der Waals surface area contributed by atoms with E-state index < -0.39 is 5.97 Å². The molecule has 3 N–H and O–H groups in total. The number of hydrogen-bond donors (Lipinski definition) is 2. The Morgan fingerprint density at radius 3 is 2.90 bits per heavy atom. The summed E-state index contributed by atoms with van der Waals surface area (Å²) < 4.78 is 10.3. The largest absolute Gasteiger partial charge is 0.462 e. The van der Waals surface area contributed by atoms with Crippen LogP contribution in [0.1, 0.15) is 37.0 Å². The lowest BCUT2D eigenvalue weighted by Gasteiger charge is -2.35. The van der Waals surface area contributed by atoms with E-state index in [2.05, 4.69) is 17.2 Å². The number of nitrogens with one attached hydrogen (secondary N) is 1. The third kappa shape index (κ3) is 3.39. The van der Waals surface area contributed by atoms with E-state index in [0.717, 1.165) is 26.1 Å². The third-order valence-electron chi connectivity index (χ3n) is 3.46. The molecule has 0 amide bonds. The molecule has 1 fully saturated rings. The number of pyridine rings is 1. The van der Waals surface area contributed by atoms with Gasteiger partial charge in [-0.1, -0.05) is 0 Å². The van der Waals surface area contributed by atoms with Crippen molar-refractivity contribution in [1.29, 1.82) is 0 Å². The molecule has 6 heteroatoms. The van der Waals surface area contributed by atoms with Crippen LogP contribution < -0.4 is 11.1 Å². The Morgan fingerprint density at radius 1 is 1.55 bits per heavy atom. The van der Waals surface area contributed by atoms with E-state index in [9.17, 15) is 4.79 Å². The van der Waals surface area contributed by atoms with Crippen LogP contribution in [0.15, 0.2) is 12.3 Å². The van der Waals surface area contributed by atoms with Crippen molar-refractivity contribution in [3.63, 3.8) is 0 Å². The van der Waals surface area contributed by atoms with Crippen molar-refractivity contribution >= 4 is 17.5 Å². The second-order valence-corrected chi connectivity index (χ2v) is 5.18. The Balaban J connectivity index is 2.16. The zero-order valence-corrected chi connectivity index (χ0v) is 11.9. The molecule has 1 aliphatic rings. The molecule has 0 aromatic carbocycles. The van der Waals surface area contributed by atoms with Gasteiger partial charge in [0, 0.05) is 18.8 Å². The molecule has 6 nitrogen and oxygen atoms in total. The monoisotopic (exact) mass is 279 g/mol. The maximum absolute atomic E-state index is 11.8. The second kappa shape index (κ2) is 6.09. The molecule has 110 valence electrons. The van der Waals surface area contributed by atoms with Crippen LogP contribution in [0, 0.1) is 0 Å². The Hall–Kier alpha value is -1.82. The number of carbonyl (C=O) groups excluding carboxylic acids is 1. The fraction of sp³-hybridized carbons (Fsp3) is 0.571. The van der Waals surface area contributed by atoms with Crippen LogP contribution in [0.5, 0.6) is 0 Å². The lowest BCUT2D eigenvalue weighted by atomic mass is 9.92. The van der Waals surface area contributed by atoms with Crippen molar-refractivity contribution in [3.8, 4) is 0 Å². The molecule has 0 aliphatic carbocycles. The van der Waals surface area contributed by atoms with Crippen molar-refractivity contribution in [1.82, 2.24) is 4.98 Å². The second-order valence-electron chi connectivity index (χ2n) is 5.18. The molecule has 0 spiro atoms. The first kappa shape index (κ1) is 14.6. The van der Waals surface area contributed by atoms with Crippen molar-refractivity contribution < 1.29 is 14.3 Å². The minimum Gasteiger partial charge on any atom is -0.462 e. The van der Waals surface area contributed by atoms with Crippen LogP contribution >= 0.6 is 0 Å². The highest BCUT2D eigenvalue weighted by Gasteiger charge is 2.27. The third-order valence-corrected chi connectivity index (χ3v) is 3.46. The molecule has 1 aromatic heterocycles. The quantitative estimate of drug-likeness (QED) is 0.818. The van der Waals surface area contributed by atoms with Gasteiger partial charge in [0.15, 0.2) is 0 Å². The zero-order chi connectivity index (χ0) is 14.6. The summed E-state index contributed by atoms with van der Waals surface area (Å²) in [6.07, 6.45) is 3.28. The Kier molecular flexibility index (Phi) is 4.44. The molecule has 20 heavy (non-hydrogen) atoms. The first-order valence-corrected chi connectivity index (χ1v) is 6.82. The molecule has 0 atom stereocenters.